The van der Waals surface area contributed by atoms with E-state index in [1.54, 1.807) is 0 Å². The number of hydrogen-bond donors (Lipinski definition) is 1. The molecule has 0 heterocycles. The molecule has 0 aliphatic rings. The summed E-state index contributed by atoms with van der Waals surface area (Å²) in [5.74, 6) is 0. The second-order valence-electron chi connectivity index (χ2n) is 4.62. The molecule has 3 heteroatoms. The molecule has 0 fully saturated rings. The Hall–Kier alpha value is -0.800. The Kier molecular flexibility index (Phi) is 5.46. The first-order valence-corrected chi connectivity index (χ1v) is 7.99. The van der Waals surface area contributed by atoms with Crippen molar-refractivity contribution in [2.24, 2.45) is 0 Å². The van der Waals surface area contributed by atoms with E-state index >= 15 is 0 Å². The van der Waals surface area contributed by atoms with Crippen LogP contribution in [0.1, 0.15) is 17.5 Å². The topological polar surface area (TPSA) is 12.0 Å². The van der Waals surface area contributed by atoms with Gasteiger partial charge in [0.1, 0.15) is 0 Å². The van der Waals surface area contributed by atoms with Crippen LogP contribution >= 0.6 is 31.9 Å². The van der Waals surface area contributed by atoms with E-state index in [-0.39, 0.29) is 0 Å². The molecule has 0 aromatic heterocycles. The summed E-state index contributed by atoms with van der Waals surface area (Å²) in [5, 5.41) is 3.48. The van der Waals surface area contributed by atoms with Crippen molar-refractivity contribution in [1.82, 2.24) is 0 Å². The number of benzene rings is 2. The van der Waals surface area contributed by atoms with Gasteiger partial charge in [0.15, 0.2) is 0 Å². The smallest absolute Gasteiger partial charge is 0.0629 e. The zero-order valence-corrected chi connectivity index (χ0v) is 14.1. The predicted octanol–water partition coefficient (Wildman–Crippen LogP) is 5.56. The average Bonchev–Trinajstić information content (AvgIpc) is 2.38. The second kappa shape index (κ2) is 7.11. The van der Waals surface area contributed by atoms with E-state index in [9.17, 15) is 0 Å². The molecule has 1 N–H and O–H groups in total. The van der Waals surface area contributed by atoms with Crippen molar-refractivity contribution in [2.45, 2.75) is 19.8 Å². The molecule has 0 unspecified atom stereocenters. The van der Waals surface area contributed by atoms with Gasteiger partial charge in [-0.1, -0.05) is 30.3 Å². The number of rotatable bonds is 5. The Balaban J connectivity index is 1.86. The highest BCUT2D eigenvalue weighted by molar-refractivity contribution is 9.11. The number of halogens is 2. The van der Waals surface area contributed by atoms with E-state index in [1.165, 1.54) is 11.1 Å². The van der Waals surface area contributed by atoms with Gasteiger partial charge in [-0.3, -0.25) is 0 Å². The average molecular weight is 383 g/mol. The molecule has 2 aromatic carbocycles. The van der Waals surface area contributed by atoms with Gasteiger partial charge in [-0.15, -0.1) is 0 Å². The van der Waals surface area contributed by atoms with E-state index in [2.05, 4.69) is 86.6 Å². The van der Waals surface area contributed by atoms with Gasteiger partial charge < -0.3 is 5.32 Å². The molecule has 2 aromatic rings. The van der Waals surface area contributed by atoms with Crippen LogP contribution in [-0.2, 0) is 6.42 Å². The molecule has 0 radical (unpaired) electrons. The van der Waals surface area contributed by atoms with Crippen molar-refractivity contribution in [2.75, 3.05) is 11.9 Å². The quantitative estimate of drug-likeness (QED) is 0.667. The Morgan fingerprint density at radius 3 is 2.26 bits per heavy atom. The van der Waals surface area contributed by atoms with E-state index in [0.717, 1.165) is 34.0 Å². The highest BCUT2D eigenvalue weighted by Gasteiger charge is 2.05. The number of anilines is 1. The number of hydrogen-bond acceptors (Lipinski definition) is 1. The van der Waals surface area contributed by atoms with E-state index < -0.39 is 0 Å². The number of nitrogens with one attached hydrogen (secondary N) is 1. The lowest BCUT2D eigenvalue weighted by molar-refractivity contribution is 0.862. The predicted molar refractivity (Wildman–Crippen MR) is 89.8 cm³/mol. The zero-order chi connectivity index (χ0) is 13.7. The maximum absolute atomic E-state index is 3.60. The highest BCUT2D eigenvalue weighted by Crippen LogP contribution is 2.32. The SMILES string of the molecule is Cc1cc(Br)c(NCCCc2ccccc2)c(Br)c1. The first-order valence-electron chi connectivity index (χ1n) is 6.40. The van der Waals surface area contributed by atoms with E-state index in [1.807, 2.05) is 0 Å². The largest absolute Gasteiger partial charge is 0.383 e. The maximum atomic E-state index is 3.60. The summed E-state index contributed by atoms with van der Waals surface area (Å²) in [4.78, 5) is 0. The van der Waals surface area contributed by atoms with Crippen molar-refractivity contribution in [3.8, 4) is 0 Å². The van der Waals surface area contributed by atoms with Gasteiger partial charge in [-0.25, -0.2) is 0 Å². The Labute approximate surface area is 131 Å². The molecule has 0 spiro atoms. The molecule has 0 atom stereocenters. The fourth-order valence-corrected chi connectivity index (χ4v) is 3.72. The molecule has 1 nitrogen and oxygen atoms in total. The van der Waals surface area contributed by atoms with Crippen molar-refractivity contribution < 1.29 is 0 Å². The van der Waals surface area contributed by atoms with Crippen LogP contribution in [-0.4, -0.2) is 6.54 Å². The van der Waals surface area contributed by atoms with Crippen LogP contribution in [0.2, 0.25) is 0 Å². The highest BCUT2D eigenvalue weighted by atomic mass is 79.9. The summed E-state index contributed by atoms with van der Waals surface area (Å²) in [6.07, 6.45) is 2.23. The lowest BCUT2D eigenvalue weighted by atomic mass is 10.1. The van der Waals surface area contributed by atoms with Gasteiger partial charge in [-0.2, -0.15) is 0 Å². The first-order chi connectivity index (χ1) is 9.16. The van der Waals surface area contributed by atoms with Crippen molar-refractivity contribution in [1.29, 1.82) is 0 Å². The van der Waals surface area contributed by atoms with Gasteiger partial charge in [0.2, 0.25) is 0 Å². The first kappa shape index (κ1) is 14.6. The fraction of sp³-hybridized carbons (Fsp3) is 0.250. The van der Waals surface area contributed by atoms with Gasteiger partial charge in [0.25, 0.3) is 0 Å². The minimum Gasteiger partial charge on any atom is -0.383 e. The molecule has 19 heavy (non-hydrogen) atoms. The molecule has 100 valence electrons. The zero-order valence-electron chi connectivity index (χ0n) is 10.9. The van der Waals surface area contributed by atoms with Crippen LogP contribution in [0.15, 0.2) is 51.4 Å². The summed E-state index contributed by atoms with van der Waals surface area (Å²) in [7, 11) is 0. The van der Waals surface area contributed by atoms with Gasteiger partial charge in [-0.05, 0) is 74.9 Å². The molecule has 0 saturated heterocycles. The van der Waals surface area contributed by atoms with Crippen LogP contribution < -0.4 is 5.32 Å². The van der Waals surface area contributed by atoms with E-state index in [4.69, 9.17) is 0 Å². The van der Waals surface area contributed by atoms with Gasteiger partial charge in [0.05, 0.1) is 5.69 Å². The van der Waals surface area contributed by atoms with Gasteiger partial charge >= 0.3 is 0 Å². The number of aryl methyl sites for hydroxylation is 2. The van der Waals surface area contributed by atoms with Crippen LogP contribution in [0.3, 0.4) is 0 Å². The van der Waals surface area contributed by atoms with Crippen LogP contribution in [0, 0.1) is 6.92 Å². The van der Waals surface area contributed by atoms with Crippen LogP contribution in [0.4, 0.5) is 5.69 Å². The molecular weight excluding hydrogens is 366 g/mol. The molecule has 0 saturated carbocycles. The summed E-state index contributed by atoms with van der Waals surface area (Å²) in [6.45, 7) is 3.06. The minimum absolute atomic E-state index is 0.967. The van der Waals surface area contributed by atoms with Crippen molar-refractivity contribution in [3.05, 3.63) is 62.5 Å². The molecule has 0 aliphatic carbocycles. The van der Waals surface area contributed by atoms with Gasteiger partial charge in [0, 0.05) is 15.5 Å². The van der Waals surface area contributed by atoms with Crippen molar-refractivity contribution >= 4 is 37.5 Å². The van der Waals surface area contributed by atoms with E-state index in [0.29, 0.717) is 0 Å². The fourth-order valence-electron chi connectivity index (χ4n) is 2.02. The molecule has 0 aliphatic heterocycles. The summed E-state index contributed by atoms with van der Waals surface area (Å²) in [5.41, 5.74) is 3.78. The molecular formula is C16H17Br2N. The minimum atomic E-state index is 0.967. The Morgan fingerprint density at radius 2 is 1.63 bits per heavy atom. The monoisotopic (exact) mass is 381 g/mol. The third kappa shape index (κ3) is 4.36. The van der Waals surface area contributed by atoms with Crippen molar-refractivity contribution in [3.63, 3.8) is 0 Å². The maximum Gasteiger partial charge on any atom is 0.0629 e. The molecule has 0 amide bonds. The third-order valence-electron chi connectivity index (χ3n) is 2.97. The van der Waals surface area contributed by atoms with Crippen LogP contribution in [0.5, 0.6) is 0 Å². The molecule has 0 bridgehead atoms. The molecule has 2 rings (SSSR count). The summed E-state index contributed by atoms with van der Waals surface area (Å²) < 4.78 is 2.22. The van der Waals surface area contributed by atoms with Crippen LogP contribution in [0.25, 0.3) is 0 Å². The summed E-state index contributed by atoms with van der Waals surface area (Å²) >= 11 is 7.20. The normalized spacial score (nSPS) is 10.5. The Morgan fingerprint density at radius 1 is 1.00 bits per heavy atom. The third-order valence-corrected chi connectivity index (χ3v) is 4.22. The summed E-state index contributed by atoms with van der Waals surface area (Å²) in [6, 6.07) is 14.9. The lowest BCUT2D eigenvalue weighted by Crippen LogP contribution is -2.04. The standard InChI is InChI=1S/C16H17Br2N/c1-12-10-14(17)16(15(18)11-12)19-9-5-8-13-6-3-2-4-7-13/h2-4,6-7,10-11,19H,5,8-9H2,1H3. The lowest BCUT2D eigenvalue weighted by Gasteiger charge is -2.11. The Bertz CT molecular complexity index is 515. The second-order valence-corrected chi connectivity index (χ2v) is 6.33.